The molecule has 2 aromatic rings. The summed E-state index contributed by atoms with van der Waals surface area (Å²) in [4.78, 5) is 28.5. The molecule has 2 rings (SSSR count). The van der Waals surface area contributed by atoms with Gasteiger partial charge in [0.25, 0.3) is 0 Å². The standard InChI is InChI=1S/C23H30N2O2S/c1-5-18(3)24-23(27)19(4)25(15-20-12-10-9-11-17(20)2)22(26)16-28-21-13-7-6-8-14-21/h6-14,18-19H,5,15-16H2,1-4H3,(H,24,27). The van der Waals surface area contributed by atoms with Gasteiger partial charge in [-0.1, -0.05) is 49.4 Å². The summed E-state index contributed by atoms with van der Waals surface area (Å²) in [5.41, 5.74) is 2.18. The molecule has 5 heteroatoms. The lowest BCUT2D eigenvalue weighted by Gasteiger charge is -2.30. The zero-order valence-electron chi connectivity index (χ0n) is 17.1. The van der Waals surface area contributed by atoms with Crippen molar-refractivity contribution in [3.63, 3.8) is 0 Å². The first kappa shape index (κ1) is 22.0. The fourth-order valence-electron chi connectivity index (χ4n) is 2.76. The number of amides is 2. The number of nitrogens with one attached hydrogen (secondary N) is 1. The van der Waals surface area contributed by atoms with E-state index in [4.69, 9.17) is 0 Å². The summed E-state index contributed by atoms with van der Waals surface area (Å²) in [6, 6.07) is 17.4. The van der Waals surface area contributed by atoms with Crippen molar-refractivity contribution in [2.24, 2.45) is 0 Å². The molecule has 0 aliphatic rings. The van der Waals surface area contributed by atoms with E-state index in [0.29, 0.717) is 12.3 Å². The van der Waals surface area contributed by atoms with Gasteiger partial charge in [0.05, 0.1) is 5.75 Å². The number of aryl methyl sites for hydroxylation is 1. The number of thioether (sulfide) groups is 1. The number of carbonyl (C=O) groups is 2. The van der Waals surface area contributed by atoms with Crippen LogP contribution in [0.1, 0.15) is 38.3 Å². The first-order chi connectivity index (χ1) is 13.4. The molecule has 0 fully saturated rings. The van der Waals surface area contributed by atoms with E-state index in [1.54, 1.807) is 11.8 Å². The lowest BCUT2D eigenvalue weighted by Crippen LogP contribution is -2.50. The Hall–Kier alpha value is -2.27. The minimum atomic E-state index is -0.530. The van der Waals surface area contributed by atoms with Crippen molar-refractivity contribution in [3.05, 3.63) is 65.7 Å². The highest BCUT2D eigenvalue weighted by atomic mass is 32.2. The molecule has 28 heavy (non-hydrogen) atoms. The normalized spacial score (nSPS) is 12.9. The van der Waals surface area contributed by atoms with E-state index in [0.717, 1.165) is 22.4 Å². The summed E-state index contributed by atoms with van der Waals surface area (Å²) < 4.78 is 0. The minimum Gasteiger partial charge on any atom is -0.352 e. The average Bonchev–Trinajstić information content (AvgIpc) is 2.71. The summed E-state index contributed by atoms with van der Waals surface area (Å²) in [5.74, 6) is 0.154. The topological polar surface area (TPSA) is 49.4 Å². The van der Waals surface area contributed by atoms with Gasteiger partial charge < -0.3 is 10.2 Å². The maximum absolute atomic E-state index is 13.1. The summed E-state index contributed by atoms with van der Waals surface area (Å²) in [6.07, 6.45) is 0.855. The number of nitrogens with zero attached hydrogens (tertiary/aromatic N) is 1. The monoisotopic (exact) mass is 398 g/mol. The molecule has 0 radical (unpaired) electrons. The van der Waals surface area contributed by atoms with Crippen LogP contribution in [0.15, 0.2) is 59.5 Å². The first-order valence-corrected chi connectivity index (χ1v) is 10.7. The van der Waals surface area contributed by atoms with Crippen LogP contribution in [0.5, 0.6) is 0 Å². The molecule has 4 nitrogen and oxygen atoms in total. The van der Waals surface area contributed by atoms with Crippen LogP contribution in [-0.2, 0) is 16.1 Å². The predicted octanol–water partition coefficient (Wildman–Crippen LogP) is 4.42. The second-order valence-corrected chi connectivity index (χ2v) is 8.09. The van der Waals surface area contributed by atoms with Crippen LogP contribution in [0.3, 0.4) is 0 Å². The smallest absolute Gasteiger partial charge is 0.242 e. The molecule has 0 saturated heterocycles. The number of hydrogen-bond donors (Lipinski definition) is 1. The Morgan fingerprint density at radius 2 is 1.68 bits per heavy atom. The van der Waals surface area contributed by atoms with Crippen molar-refractivity contribution < 1.29 is 9.59 Å². The Morgan fingerprint density at radius 3 is 2.32 bits per heavy atom. The van der Waals surface area contributed by atoms with Gasteiger partial charge in [-0.15, -0.1) is 11.8 Å². The third-order valence-corrected chi connectivity index (χ3v) is 5.87. The van der Waals surface area contributed by atoms with E-state index in [-0.39, 0.29) is 17.9 Å². The Balaban J connectivity index is 2.15. The zero-order chi connectivity index (χ0) is 20.5. The molecule has 2 unspecified atom stereocenters. The number of hydrogen-bond acceptors (Lipinski definition) is 3. The number of rotatable bonds is 9. The maximum Gasteiger partial charge on any atom is 0.242 e. The predicted molar refractivity (Wildman–Crippen MR) is 116 cm³/mol. The molecule has 0 heterocycles. The molecule has 0 aliphatic carbocycles. The van der Waals surface area contributed by atoms with Crippen LogP contribution in [0.4, 0.5) is 0 Å². The Labute approximate surface area is 172 Å². The summed E-state index contributed by atoms with van der Waals surface area (Å²) >= 11 is 1.50. The minimum absolute atomic E-state index is 0.0380. The van der Waals surface area contributed by atoms with Crippen LogP contribution in [0, 0.1) is 6.92 Å². The molecular weight excluding hydrogens is 368 g/mol. The van der Waals surface area contributed by atoms with Gasteiger partial charge in [-0.2, -0.15) is 0 Å². The quantitative estimate of drug-likeness (QED) is 0.636. The van der Waals surface area contributed by atoms with Crippen molar-refractivity contribution in [1.82, 2.24) is 10.2 Å². The van der Waals surface area contributed by atoms with Gasteiger partial charge in [-0.3, -0.25) is 9.59 Å². The second kappa shape index (κ2) is 10.9. The molecule has 2 amide bonds. The molecular formula is C23H30N2O2S. The fraction of sp³-hybridized carbons (Fsp3) is 0.391. The zero-order valence-corrected chi connectivity index (χ0v) is 18.0. The van der Waals surface area contributed by atoms with E-state index in [9.17, 15) is 9.59 Å². The SMILES string of the molecule is CCC(C)NC(=O)C(C)N(Cc1ccccc1C)C(=O)CSc1ccccc1. The van der Waals surface area contributed by atoms with Crippen molar-refractivity contribution in [1.29, 1.82) is 0 Å². The summed E-state index contributed by atoms with van der Waals surface area (Å²) in [5, 5.41) is 3.00. The first-order valence-electron chi connectivity index (χ1n) is 9.74. The van der Waals surface area contributed by atoms with Crippen molar-refractivity contribution in [3.8, 4) is 0 Å². The van der Waals surface area contributed by atoms with Crippen LogP contribution in [0.2, 0.25) is 0 Å². The second-order valence-electron chi connectivity index (χ2n) is 7.04. The van der Waals surface area contributed by atoms with Crippen LogP contribution in [-0.4, -0.2) is 34.6 Å². The van der Waals surface area contributed by atoms with Gasteiger partial charge in [-0.25, -0.2) is 0 Å². The fourth-order valence-corrected chi connectivity index (χ4v) is 3.57. The lowest BCUT2D eigenvalue weighted by molar-refractivity contribution is -0.138. The Bertz CT molecular complexity index is 779. The Kier molecular flexibility index (Phi) is 8.58. The highest BCUT2D eigenvalue weighted by molar-refractivity contribution is 8.00. The molecule has 2 aromatic carbocycles. The van der Waals surface area contributed by atoms with Gasteiger partial charge in [0, 0.05) is 17.5 Å². The highest BCUT2D eigenvalue weighted by Gasteiger charge is 2.27. The molecule has 150 valence electrons. The summed E-state index contributed by atoms with van der Waals surface area (Å²) in [6.45, 7) is 8.27. The molecule has 1 N–H and O–H groups in total. The molecule has 0 spiro atoms. The van der Waals surface area contributed by atoms with Crippen LogP contribution in [0.25, 0.3) is 0 Å². The van der Waals surface area contributed by atoms with Gasteiger partial charge in [-0.05, 0) is 50.5 Å². The van der Waals surface area contributed by atoms with E-state index in [1.165, 1.54) is 11.8 Å². The Morgan fingerprint density at radius 1 is 1.04 bits per heavy atom. The number of benzene rings is 2. The van der Waals surface area contributed by atoms with E-state index >= 15 is 0 Å². The van der Waals surface area contributed by atoms with E-state index in [1.807, 2.05) is 75.4 Å². The van der Waals surface area contributed by atoms with Gasteiger partial charge >= 0.3 is 0 Å². The largest absolute Gasteiger partial charge is 0.352 e. The molecule has 0 aromatic heterocycles. The maximum atomic E-state index is 13.1. The van der Waals surface area contributed by atoms with Gasteiger partial charge in [0.15, 0.2) is 0 Å². The van der Waals surface area contributed by atoms with Gasteiger partial charge in [0.2, 0.25) is 11.8 Å². The van der Waals surface area contributed by atoms with Crippen LogP contribution < -0.4 is 5.32 Å². The molecule has 0 bridgehead atoms. The number of carbonyl (C=O) groups excluding carboxylic acids is 2. The summed E-state index contributed by atoms with van der Waals surface area (Å²) in [7, 11) is 0. The van der Waals surface area contributed by atoms with Crippen molar-refractivity contribution >= 4 is 23.6 Å². The van der Waals surface area contributed by atoms with E-state index < -0.39 is 6.04 Å². The average molecular weight is 399 g/mol. The van der Waals surface area contributed by atoms with Crippen LogP contribution >= 0.6 is 11.8 Å². The molecule has 0 saturated carbocycles. The van der Waals surface area contributed by atoms with Gasteiger partial charge in [0.1, 0.15) is 6.04 Å². The lowest BCUT2D eigenvalue weighted by atomic mass is 10.1. The van der Waals surface area contributed by atoms with Crippen molar-refractivity contribution in [2.45, 2.75) is 57.6 Å². The third kappa shape index (κ3) is 6.41. The van der Waals surface area contributed by atoms with Crippen molar-refractivity contribution in [2.75, 3.05) is 5.75 Å². The van der Waals surface area contributed by atoms with E-state index in [2.05, 4.69) is 5.32 Å². The third-order valence-electron chi connectivity index (χ3n) is 4.88. The molecule has 2 atom stereocenters. The highest BCUT2D eigenvalue weighted by Crippen LogP contribution is 2.20. The molecule has 0 aliphatic heterocycles.